The summed E-state index contributed by atoms with van der Waals surface area (Å²) in [5.74, 6) is 0. The van der Waals surface area contributed by atoms with Gasteiger partial charge in [-0.05, 0) is 112 Å². The molecule has 2 aromatic rings. The SMILES string of the molecule is C=C(C)CCCCCc1cccc(CCCCCCCc2ccc(CC)cc2)c1CCC(=C)C. The highest BCUT2D eigenvalue weighted by molar-refractivity contribution is 5.36. The molecule has 34 heavy (non-hydrogen) atoms. The van der Waals surface area contributed by atoms with Gasteiger partial charge in [0.1, 0.15) is 0 Å². The van der Waals surface area contributed by atoms with Crippen molar-refractivity contribution < 1.29 is 0 Å². The maximum absolute atomic E-state index is 4.16. The molecule has 2 rings (SSSR count). The minimum absolute atomic E-state index is 1.11. The van der Waals surface area contributed by atoms with Crippen LogP contribution in [0.2, 0.25) is 0 Å². The van der Waals surface area contributed by atoms with E-state index in [2.05, 4.69) is 76.4 Å². The van der Waals surface area contributed by atoms with Crippen molar-refractivity contribution in [3.63, 3.8) is 0 Å². The molecular weight excluding hydrogens is 408 g/mol. The van der Waals surface area contributed by atoms with E-state index in [0.29, 0.717) is 0 Å². The number of benzene rings is 2. The van der Waals surface area contributed by atoms with Gasteiger partial charge in [0.25, 0.3) is 0 Å². The van der Waals surface area contributed by atoms with Gasteiger partial charge in [-0.1, -0.05) is 86.2 Å². The third-order valence-electron chi connectivity index (χ3n) is 7.06. The van der Waals surface area contributed by atoms with Crippen molar-refractivity contribution in [2.45, 2.75) is 117 Å². The lowest BCUT2D eigenvalue weighted by Gasteiger charge is -2.16. The molecule has 0 atom stereocenters. The van der Waals surface area contributed by atoms with E-state index in [-0.39, 0.29) is 0 Å². The molecule has 0 N–H and O–H groups in total. The average molecular weight is 459 g/mol. The van der Waals surface area contributed by atoms with E-state index in [1.165, 1.54) is 99.3 Å². The van der Waals surface area contributed by atoms with Crippen LogP contribution in [0.25, 0.3) is 0 Å². The molecule has 0 heteroatoms. The molecule has 0 aliphatic heterocycles. The summed E-state index contributed by atoms with van der Waals surface area (Å²) in [5, 5.41) is 0. The Hall–Kier alpha value is -2.08. The highest BCUT2D eigenvalue weighted by atomic mass is 14.1. The van der Waals surface area contributed by atoms with E-state index in [1.807, 2.05) is 0 Å². The fraction of sp³-hybridized carbons (Fsp3) is 0.529. The molecule has 0 aromatic heterocycles. The van der Waals surface area contributed by atoms with Gasteiger partial charge in [-0.25, -0.2) is 0 Å². The van der Waals surface area contributed by atoms with Crippen molar-refractivity contribution >= 4 is 0 Å². The van der Waals surface area contributed by atoms with Gasteiger partial charge in [-0.2, -0.15) is 0 Å². The number of unbranched alkanes of at least 4 members (excludes halogenated alkanes) is 6. The summed E-state index contributed by atoms with van der Waals surface area (Å²) in [6, 6.07) is 16.3. The van der Waals surface area contributed by atoms with Crippen LogP contribution in [0, 0.1) is 0 Å². The van der Waals surface area contributed by atoms with Gasteiger partial charge in [0.15, 0.2) is 0 Å². The Morgan fingerprint density at radius 3 is 1.62 bits per heavy atom. The van der Waals surface area contributed by atoms with Crippen LogP contribution in [0.5, 0.6) is 0 Å². The van der Waals surface area contributed by atoms with Crippen LogP contribution in [-0.4, -0.2) is 0 Å². The maximum atomic E-state index is 4.16. The normalized spacial score (nSPS) is 11.0. The molecule has 0 radical (unpaired) electrons. The highest BCUT2D eigenvalue weighted by Crippen LogP contribution is 2.23. The lowest BCUT2D eigenvalue weighted by molar-refractivity contribution is 0.611. The topological polar surface area (TPSA) is 0 Å². The minimum atomic E-state index is 1.11. The second-order valence-corrected chi connectivity index (χ2v) is 10.5. The first-order valence-electron chi connectivity index (χ1n) is 14.0. The van der Waals surface area contributed by atoms with E-state index in [1.54, 1.807) is 16.7 Å². The van der Waals surface area contributed by atoms with E-state index >= 15 is 0 Å². The second kappa shape index (κ2) is 16.5. The third kappa shape index (κ3) is 11.4. The number of allylic oxidation sites excluding steroid dienone is 2. The Morgan fingerprint density at radius 1 is 0.559 bits per heavy atom. The predicted molar refractivity (Wildman–Crippen MR) is 153 cm³/mol. The molecule has 0 heterocycles. The smallest absolute Gasteiger partial charge is 0.0236 e. The lowest BCUT2D eigenvalue weighted by Crippen LogP contribution is -2.02. The highest BCUT2D eigenvalue weighted by Gasteiger charge is 2.09. The summed E-state index contributed by atoms with van der Waals surface area (Å²) in [5.41, 5.74) is 10.4. The first-order valence-corrected chi connectivity index (χ1v) is 14.0. The Bertz CT molecular complexity index is 852. The number of hydrogen-bond donors (Lipinski definition) is 0. The summed E-state index contributed by atoms with van der Waals surface area (Å²) in [7, 11) is 0. The molecule has 0 saturated heterocycles. The average Bonchev–Trinajstić information content (AvgIpc) is 2.82. The molecule has 0 spiro atoms. The van der Waals surface area contributed by atoms with Crippen LogP contribution in [0.1, 0.15) is 113 Å². The number of rotatable bonds is 18. The third-order valence-corrected chi connectivity index (χ3v) is 7.06. The van der Waals surface area contributed by atoms with E-state index in [4.69, 9.17) is 0 Å². The fourth-order valence-electron chi connectivity index (χ4n) is 4.85. The molecule has 0 aliphatic rings. The molecule has 0 bridgehead atoms. The standard InChI is InChI=1S/C34H50/c1-6-30-23-25-31(26-24-30)17-12-8-7-9-13-18-32-20-15-21-33(34(32)27-22-29(4)5)19-14-10-11-16-28(2)3/h15,20-21,23-26H,2,4,6-14,16-19,22,27H2,1,3,5H3. The van der Waals surface area contributed by atoms with Crippen molar-refractivity contribution in [2.75, 3.05) is 0 Å². The Labute approximate surface area is 211 Å². The maximum Gasteiger partial charge on any atom is -0.0236 e. The summed E-state index contributed by atoms with van der Waals surface area (Å²) in [4.78, 5) is 0. The molecular formula is C34H50. The van der Waals surface area contributed by atoms with Gasteiger partial charge in [-0.15, -0.1) is 13.2 Å². The second-order valence-electron chi connectivity index (χ2n) is 10.5. The Morgan fingerprint density at radius 2 is 1.06 bits per heavy atom. The van der Waals surface area contributed by atoms with Crippen LogP contribution in [-0.2, 0) is 32.1 Å². The quantitative estimate of drug-likeness (QED) is 0.154. The Balaban J connectivity index is 1.77. The molecule has 0 nitrogen and oxygen atoms in total. The molecule has 186 valence electrons. The molecule has 0 fully saturated rings. The van der Waals surface area contributed by atoms with Gasteiger partial charge in [0.2, 0.25) is 0 Å². The van der Waals surface area contributed by atoms with Crippen LogP contribution in [0.15, 0.2) is 66.8 Å². The minimum Gasteiger partial charge on any atom is -0.100 e. The fourth-order valence-corrected chi connectivity index (χ4v) is 4.85. The Kier molecular flexibility index (Phi) is 13.7. The summed E-state index contributed by atoms with van der Waals surface area (Å²) in [6.07, 6.45) is 18.8. The van der Waals surface area contributed by atoms with Crippen LogP contribution >= 0.6 is 0 Å². The van der Waals surface area contributed by atoms with Gasteiger partial charge in [0.05, 0.1) is 0 Å². The van der Waals surface area contributed by atoms with E-state index in [0.717, 1.165) is 19.3 Å². The first-order chi connectivity index (χ1) is 16.5. The zero-order valence-electron chi connectivity index (χ0n) is 22.6. The van der Waals surface area contributed by atoms with Crippen molar-refractivity contribution in [3.05, 3.63) is 94.6 Å². The lowest BCUT2D eigenvalue weighted by atomic mass is 9.90. The van der Waals surface area contributed by atoms with Gasteiger partial charge < -0.3 is 0 Å². The van der Waals surface area contributed by atoms with Crippen molar-refractivity contribution in [3.8, 4) is 0 Å². The van der Waals surface area contributed by atoms with Crippen LogP contribution in [0.3, 0.4) is 0 Å². The van der Waals surface area contributed by atoms with Crippen molar-refractivity contribution in [1.29, 1.82) is 0 Å². The molecule has 0 unspecified atom stereocenters. The van der Waals surface area contributed by atoms with Crippen molar-refractivity contribution in [1.82, 2.24) is 0 Å². The summed E-state index contributed by atoms with van der Waals surface area (Å²) < 4.78 is 0. The molecule has 0 saturated carbocycles. The number of hydrogen-bond acceptors (Lipinski definition) is 0. The van der Waals surface area contributed by atoms with Crippen LogP contribution < -0.4 is 0 Å². The monoisotopic (exact) mass is 458 g/mol. The van der Waals surface area contributed by atoms with Crippen LogP contribution in [0.4, 0.5) is 0 Å². The zero-order valence-corrected chi connectivity index (χ0v) is 22.6. The van der Waals surface area contributed by atoms with Gasteiger partial charge >= 0.3 is 0 Å². The first kappa shape index (κ1) is 28.2. The molecule has 0 amide bonds. The largest absolute Gasteiger partial charge is 0.100 e. The predicted octanol–water partition coefficient (Wildman–Crippen LogP) is 10.2. The van der Waals surface area contributed by atoms with E-state index in [9.17, 15) is 0 Å². The van der Waals surface area contributed by atoms with Gasteiger partial charge in [-0.3, -0.25) is 0 Å². The molecule has 2 aromatic carbocycles. The van der Waals surface area contributed by atoms with Gasteiger partial charge in [0, 0.05) is 0 Å². The zero-order chi connectivity index (χ0) is 24.6. The molecule has 0 aliphatic carbocycles. The summed E-state index contributed by atoms with van der Waals surface area (Å²) >= 11 is 0. The summed E-state index contributed by atoms with van der Waals surface area (Å²) in [6.45, 7) is 14.7. The van der Waals surface area contributed by atoms with Crippen molar-refractivity contribution in [2.24, 2.45) is 0 Å². The van der Waals surface area contributed by atoms with E-state index < -0.39 is 0 Å². The number of aryl methyl sites for hydroxylation is 4.